The Kier molecular flexibility index (Phi) is 5.09. The first-order chi connectivity index (χ1) is 9.70. The molecule has 1 heterocycles. The van der Waals surface area contributed by atoms with E-state index in [1.165, 1.54) is 0 Å². The van der Waals surface area contributed by atoms with E-state index in [4.69, 9.17) is 4.74 Å². The van der Waals surface area contributed by atoms with E-state index in [9.17, 15) is 5.11 Å². The van der Waals surface area contributed by atoms with Crippen LogP contribution >= 0.6 is 0 Å². The maximum Gasteiger partial charge on any atom is 0.142 e. The van der Waals surface area contributed by atoms with Crippen LogP contribution in [0.5, 0.6) is 5.75 Å². The van der Waals surface area contributed by atoms with Gasteiger partial charge in [0.25, 0.3) is 0 Å². The molecule has 2 N–H and O–H groups in total. The third kappa shape index (κ3) is 3.79. The summed E-state index contributed by atoms with van der Waals surface area (Å²) < 4.78 is 5.71. The number of aliphatic hydroxyl groups excluding tert-OH is 1. The van der Waals surface area contributed by atoms with Gasteiger partial charge in [0.15, 0.2) is 0 Å². The summed E-state index contributed by atoms with van der Waals surface area (Å²) in [6, 6.07) is 13.3. The quantitative estimate of drug-likeness (QED) is 0.846. The lowest BCUT2D eigenvalue weighted by Crippen LogP contribution is -2.14. The molecule has 0 saturated carbocycles. The van der Waals surface area contributed by atoms with Crippen LogP contribution in [-0.4, -0.2) is 23.7 Å². The van der Waals surface area contributed by atoms with Crippen LogP contribution in [0.4, 0.5) is 0 Å². The number of hydrogen-bond acceptors (Lipinski definition) is 4. The lowest BCUT2D eigenvalue weighted by atomic mass is 10.1. The van der Waals surface area contributed by atoms with Crippen molar-refractivity contribution in [2.75, 3.05) is 13.7 Å². The number of hydrogen-bond donors (Lipinski definition) is 2. The van der Waals surface area contributed by atoms with Gasteiger partial charge < -0.3 is 15.2 Å². The van der Waals surface area contributed by atoms with Crippen molar-refractivity contribution in [1.82, 2.24) is 10.3 Å². The number of aromatic nitrogens is 1. The Morgan fingerprint density at radius 2 is 1.95 bits per heavy atom. The van der Waals surface area contributed by atoms with Crippen LogP contribution in [0.2, 0.25) is 0 Å². The molecule has 1 atom stereocenters. The minimum absolute atomic E-state index is 0.214. The Morgan fingerprint density at radius 3 is 2.65 bits per heavy atom. The zero-order chi connectivity index (χ0) is 14.4. The maximum absolute atomic E-state index is 10.1. The third-order valence-electron chi connectivity index (χ3n) is 3.00. The SMILES string of the molecule is CNCc1nc(C)ccc1OCC(O)c1ccccc1. The topological polar surface area (TPSA) is 54.4 Å². The average Bonchev–Trinajstić information content (AvgIpc) is 2.47. The highest BCUT2D eigenvalue weighted by Gasteiger charge is 2.10. The molecule has 0 radical (unpaired) electrons. The van der Waals surface area contributed by atoms with Gasteiger partial charge in [-0.3, -0.25) is 4.98 Å². The van der Waals surface area contributed by atoms with E-state index < -0.39 is 6.10 Å². The summed E-state index contributed by atoms with van der Waals surface area (Å²) in [7, 11) is 1.87. The fraction of sp³-hybridized carbons (Fsp3) is 0.312. The van der Waals surface area contributed by atoms with Crippen molar-refractivity contribution < 1.29 is 9.84 Å². The van der Waals surface area contributed by atoms with Gasteiger partial charge in [-0.25, -0.2) is 0 Å². The molecular formula is C16H20N2O2. The Hall–Kier alpha value is -1.91. The van der Waals surface area contributed by atoms with E-state index in [1.807, 2.05) is 56.4 Å². The molecule has 2 aromatic rings. The molecule has 20 heavy (non-hydrogen) atoms. The molecule has 0 aliphatic heterocycles. The third-order valence-corrected chi connectivity index (χ3v) is 3.00. The molecule has 0 bridgehead atoms. The second-order valence-corrected chi connectivity index (χ2v) is 4.67. The van der Waals surface area contributed by atoms with Gasteiger partial charge >= 0.3 is 0 Å². The molecular weight excluding hydrogens is 252 g/mol. The van der Waals surface area contributed by atoms with Gasteiger partial charge in [-0.2, -0.15) is 0 Å². The molecule has 4 heteroatoms. The molecule has 0 amide bonds. The van der Waals surface area contributed by atoms with E-state index in [0.29, 0.717) is 12.3 Å². The highest BCUT2D eigenvalue weighted by Crippen LogP contribution is 2.19. The van der Waals surface area contributed by atoms with Crippen LogP contribution in [0.3, 0.4) is 0 Å². The van der Waals surface area contributed by atoms with Crippen molar-refractivity contribution in [1.29, 1.82) is 0 Å². The largest absolute Gasteiger partial charge is 0.489 e. The van der Waals surface area contributed by atoms with Crippen molar-refractivity contribution >= 4 is 0 Å². The van der Waals surface area contributed by atoms with Crippen molar-refractivity contribution in [3.05, 3.63) is 59.4 Å². The number of nitrogens with zero attached hydrogens (tertiary/aromatic N) is 1. The lowest BCUT2D eigenvalue weighted by molar-refractivity contribution is 0.107. The van der Waals surface area contributed by atoms with Gasteiger partial charge in [0.1, 0.15) is 18.5 Å². The summed E-state index contributed by atoms with van der Waals surface area (Å²) in [5.74, 6) is 0.708. The summed E-state index contributed by atoms with van der Waals surface area (Å²) >= 11 is 0. The Morgan fingerprint density at radius 1 is 1.20 bits per heavy atom. The average molecular weight is 272 g/mol. The summed E-state index contributed by atoms with van der Waals surface area (Å²) in [5.41, 5.74) is 2.65. The van der Waals surface area contributed by atoms with Gasteiger partial charge in [-0.1, -0.05) is 30.3 Å². The van der Waals surface area contributed by atoms with E-state index in [0.717, 1.165) is 17.0 Å². The molecule has 0 fully saturated rings. The molecule has 0 spiro atoms. The number of ether oxygens (including phenoxy) is 1. The van der Waals surface area contributed by atoms with Gasteiger partial charge in [-0.15, -0.1) is 0 Å². The number of aliphatic hydroxyl groups is 1. The van der Waals surface area contributed by atoms with Crippen LogP contribution in [0.1, 0.15) is 23.1 Å². The number of nitrogens with one attached hydrogen (secondary N) is 1. The first kappa shape index (κ1) is 14.5. The molecule has 0 aliphatic carbocycles. The predicted octanol–water partition coefficient (Wildman–Crippen LogP) is 2.22. The fourth-order valence-corrected chi connectivity index (χ4v) is 1.96. The monoisotopic (exact) mass is 272 g/mol. The summed E-state index contributed by atoms with van der Waals surface area (Å²) in [4.78, 5) is 4.44. The van der Waals surface area contributed by atoms with Gasteiger partial charge in [0.05, 0.1) is 5.69 Å². The van der Waals surface area contributed by atoms with Crippen molar-refractivity contribution in [3.63, 3.8) is 0 Å². The molecule has 1 unspecified atom stereocenters. The standard InChI is InChI=1S/C16H20N2O2/c1-12-8-9-16(14(18-12)10-17-2)20-11-15(19)13-6-4-3-5-7-13/h3-9,15,17,19H,10-11H2,1-2H3. The van der Waals surface area contributed by atoms with Gasteiger partial charge in [0, 0.05) is 12.2 Å². The number of benzene rings is 1. The highest BCUT2D eigenvalue weighted by molar-refractivity contribution is 5.29. The molecule has 4 nitrogen and oxygen atoms in total. The second kappa shape index (κ2) is 7.03. The van der Waals surface area contributed by atoms with Crippen LogP contribution < -0.4 is 10.1 Å². The first-order valence-corrected chi connectivity index (χ1v) is 6.67. The molecule has 2 rings (SSSR count). The Balaban J connectivity index is 2.03. The minimum Gasteiger partial charge on any atom is -0.489 e. The Labute approximate surface area is 119 Å². The molecule has 106 valence electrons. The summed E-state index contributed by atoms with van der Waals surface area (Å²) in [6.07, 6.45) is -0.639. The minimum atomic E-state index is -0.639. The van der Waals surface area contributed by atoms with Crippen LogP contribution in [0.25, 0.3) is 0 Å². The first-order valence-electron chi connectivity index (χ1n) is 6.67. The van der Waals surface area contributed by atoms with E-state index >= 15 is 0 Å². The highest BCUT2D eigenvalue weighted by atomic mass is 16.5. The lowest BCUT2D eigenvalue weighted by Gasteiger charge is -2.15. The smallest absolute Gasteiger partial charge is 0.142 e. The van der Waals surface area contributed by atoms with Crippen LogP contribution in [-0.2, 0) is 6.54 Å². The number of aryl methyl sites for hydroxylation is 1. The fourth-order valence-electron chi connectivity index (χ4n) is 1.96. The van der Waals surface area contributed by atoms with Crippen molar-refractivity contribution in [2.45, 2.75) is 19.6 Å². The zero-order valence-electron chi connectivity index (χ0n) is 11.8. The normalized spacial score (nSPS) is 12.2. The Bertz CT molecular complexity index is 543. The van der Waals surface area contributed by atoms with Gasteiger partial charge in [0.2, 0.25) is 0 Å². The summed E-state index contributed by atoms with van der Waals surface area (Å²) in [5, 5.41) is 13.2. The summed E-state index contributed by atoms with van der Waals surface area (Å²) in [6.45, 7) is 2.80. The number of rotatable bonds is 6. The molecule has 1 aromatic heterocycles. The van der Waals surface area contributed by atoms with E-state index in [-0.39, 0.29) is 6.61 Å². The van der Waals surface area contributed by atoms with Crippen molar-refractivity contribution in [3.8, 4) is 5.75 Å². The zero-order valence-corrected chi connectivity index (χ0v) is 11.8. The van der Waals surface area contributed by atoms with Crippen LogP contribution in [0, 0.1) is 6.92 Å². The second-order valence-electron chi connectivity index (χ2n) is 4.67. The maximum atomic E-state index is 10.1. The predicted molar refractivity (Wildman–Crippen MR) is 78.6 cm³/mol. The van der Waals surface area contributed by atoms with Gasteiger partial charge in [-0.05, 0) is 31.7 Å². The van der Waals surface area contributed by atoms with Crippen LogP contribution in [0.15, 0.2) is 42.5 Å². The molecule has 0 saturated heterocycles. The van der Waals surface area contributed by atoms with E-state index in [1.54, 1.807) is 0 Å². The molecule has 0 aliphatic rings. The molecule has 1 aromatic carbocycles. The van der Waals surface area contributed by atoms with E-state index in [2.05, 4.69) is 10.3 Å². The number of pyridine rings is 1. The van der Waals surface area contributed by atoms with Crippen molar-refractivity contribution in [2.24, 2.45) is 0 Å².